The molecule has 1 N–H and O–H groups in total. The van der Waals surface area contributed by atoms with Crippen LogP contribution in [0.1, 0.15) is 11.1 Å². The van der Waals surface area contributed by atoms with Gasteiger partial charge < -0.3 is 10.1 Å². The molecule has 0 fully saturated rings. The minimum absolute atomic E-state index is 0.252. The fraction of sp³-hybridized carbons (Fsp3) is 0.100. The zero-order chi connectivity index (χ0) is 16.8. The fourth-order valence-corrected chi connectivity index (χ4v) is 2.86. The molecular formula is C20H17BrFNO. The van der Waals surface area contributed by atoms with Crippen LogP contribution in [0, 0.1) is 5.82 Å². The molecule has 0 unspecified atom stereocenters. The molecule has 122 valence electrons. The van der Waals surface area contributed by atoms with Gasteiger partial charge in [-0.1, -0.05) is 36.4 Å². The molecule has 0 radical (unpaired) electrons. The highest BCUT2D eigenvalue weighted by Gasteiger charge is 2.04. The van der Waals surface area contributed by atoms with Gasteiger partial charge in [-0.05, 0) is 63.5 Å². The van der Waals surface area contributed by atoms with E-state index in [-0.39, 0.29) is 5.82 Å². The van der Waals surface area contributed by atoms with E-state index in [1.54, 1.807) is 6.07 Å². The van der Waals surface area contributed by atoms with Gasteiger partial charge in [0.25, 0.3) is 0 Å². The van der Waals surface area contributed by atoms with Crippen LogP contribution in [-0.4, -0.2) is 0 Å². The molecule has 3 aromatic rings. The number of hydrogen-bond donors (Lipinski definition) is 1. The highest BCUT2D eigenvalue weighted by Crippen LogP contribution is 2.27. The lowest BCUT2D eigenvalue weighted by molar-refractivity contribution is 0.303. The Morgan fingerprint density at radius 2 is 1.71 bits per heavy atom. The number of anilines is 1. The smallest absolute Gasteiger partial charge is 0.134 e. The Morgan fingerprint density at radius 3 is 2.46 bits per heavy atom. The summed E-state index contributed by atoms with van der Waals surface area (Å²) in [6.07, 6.45) is 0. The highest BCUT2D eigenvalue weighted by atomic mass is 79.9. The second kappa shape index (κ2) is 7.97. The lowest BCUT2D eigenvalue weighted by atomic mass is 10.2. The van der Waals surface area contributed by atoms with Crippen LogP contribution in [0.2, 0.25) is 0 Å². The van der Waals surface area contributed by atoms with E-state index >= 15 is 0 Å². The Hall–Kier alpha value is -2.33. The first kappa shape index (κ1) is 16.5. The van der Waals surface area contributed by atoms with Crippen LogP contribution in [0.3, 0.4) is 0 Å². The number of halogens is 2. The summed E-state index contributed by atoms with van der Waals surface area (Å²) in [5.41, 5.74) is 3.03. The minimum atomic E-state index is -0.252. The van der Waals surface area contributed by atoms with Gasteiger partial charge in [-0.2, -0.15) is 0 Å². The number of ether oxygens (including phenoxy) is 1. The van der Waals surface area contributed by atoms with Crippen LogP contribution in [0.4, 0.5) is 10.1 Å². The average molecular weight is 386 g/mol. The van der Waals surface area contributed by atoms with E-state index < -0.39 is 0 Å². The van der Waals surface area contributed by atoms with Gasteiger partial charge in [0.05, 0.1) is 4.47 Å². The molecule has 3 rings (SSSR count). The number of hydrogen-bond acceptors (Lipinski definition) is 2. The molecule has 3 aromatic carbocycles. The first-order chi connectivity index (χ1) is 11.7. The SMILES string of the molecule is Fc1cccc(COc2ccc(CNc3ccccc3)cc2Br)c1. The molecule has 0 aliphatic heterocycles. The Morgan fingerprint density at radius 1 is 0.875 bits per heavy atom. The van der Waals surface area contributed by atoms with Crippen molar-refractivity contribution in [3.63, 3.8) is 0 Å². The van der Waals surface area contributed by atoms with E-state index in [0.717, 1.165) is 33.6 Å². The minimum Gasteiger partial charge on any atom is -0.488 e. The van der Waals surface area contributed by atoms with E-state index in [0.29, 0.717) is 6.61 Å². The van der Waals surface area contributed by atoms with Crippen molar-refractivity contribution in [3.8, 4) is 5.75 Å². The van der Waals surface area contributed by atoms with Crippen LogP contribution in [0.5, 0.6) is 5.75 Å². The van der Waals surface area contributed by atoms with Crippen molar-refractivity contribution in [3.05, 3.63) is 94.2 Å². The molecule has 0 atom stereocenters. The van der Waals surface area contributed by atoms with Crippen LogP contribution < -0.4 is 10.1 Å². The lowest BCUT2D eigenvalue weighted by Gasteiger charge is -2.11. The van der Waals surface area contributed by atoms with E-state index in [9.17, 15) is 4.39 Å². The third kappa shape index (κ3) is 4.59. The maximum atomic E-state index is 13.2. The summed E-state index contributed by atoms with van der Waals surface area (Å²) in [6, 6.07) is 22.5. The Labute approximate surface area is 149 Å². The molecular weight excluding hydrogens is 369 g/mol. The summed E-state index contributed by atoms with van der Waals surface area (Å²) in [5.74, 6) is 0.486. The normalized spacial score (nSPS) is 10.4. The summed E-state index contributed by atoms with van der Waals surface area (Å²) >= 11 is 3.53. The quantitative estimate of drug-likeness (QED) is 0.580. The molecule has 0 aromatic heterocycles. The van der Waals surface area contributed by atoms with Crippen molar-refractivity contribution < 1.29 is 9.13 Å². The molecule has 0 heterocycles. The lowest BCUT2D eigenvalue weighted by Crippen LogP contribution is -2.00. The fourth-order valence-electron chi connectivity index (χ4n) is 2.32. The first-order valence-electron chi connectivity index (χ1n) is 7.65. The van der Waals surface area contributed by atoms with Gasteiger partial charge in [0.2, 0.25) is 0 Å². The molecule has 4 heteroatoms. The van der Waals surface area contributed by atoms with Gasteiger partial charge in [0, 0.05) is 12.2 Å². The van der Waals surface area contributed by atoms with Gasteiger partial charge in [-0.3, -0.25) is 0 Å². The molecule has 24 heavy (non-hydrogen) atoms. The zero-order valence-corrected chi connectivity index (χ0v) is 14.6. The van der Waals surface area contributed by atoms with Gasteiger partial charge >= 0.3 is 0 Å². The van der Waals surface area contributed by atoms with Crippen molar-refractivity contribution >= 4 is 21.6 Å². The Bertz CT molecular complexity index is 808. The summed E-state index contributed by atoms with van der Waals surface area (Å²) in [5, 5.41) is 3.37. The maximum absolute atomic E-state index is 13.2. The highest BCUT2D eigenvalue weighted by molar-refractivity contribution is 9.10. The van der Waals surface area contributed by atoms with Crippen molar-refractivity contribution in [2.75, 3.05) is 5.32 Å². The predicted molar refractivity (Wildman–Crippen MR) is 98.6 cm³/mol. The van der Waals surface area contributed by atoms with Crippen molar-refractivity contribution in [2.45, 2.75) is 13.2 Å². The summed E-state index contributed by atoms with van der Waals surface area (Å²) in [4.78, 5) is 0. The second-order valence-electron chi connectivity index (χ2n) is 5.40. The standard InChI is InChI=1S/C20H17BrFNO/c21-19-12-15(13-23-18-7-2-1-3-8-18)9-10-20(19)24-14-16-5-4-6-17(22)11-16/h1-12,23H,13-14H2. The van der Waals surface area contributed by atoms with Gasteiger partial charge in [0.15, 0.2) is 0 Å². The van der Waals surface area contributed by atoms with E-state index in [1.807, 2.05) is 54.6 Å². The average Bonchev–Trinajstić information content (AvgIpc) is 2.60. The third-order valence-corrected chi connectivity index (χ3v) is 4.17. The number of benzene rings is 3. The largest absolute Gasteiger partial charge is 0.488 e. The molecule has 0 saturated carbocycles. The monoisotopic (exact) mass is 385 g/mol. The van der Waals surface area contributed by atoms with Gasteiger partial charge in [-0.15, -0.1) is 0 Å². The van der Waals surface area contributed by atoms with Crippen LogP contribution in [0.15, 0.2) is 77.3 Å². The number of para-hydroxylation sites is 1. The molecule has 0 saturated heterocycles. The summed E-state index contributed by atoms with van der Waals surface area (Å²) < 4.78 is 19.8. The molecule has 0 bridgehead atoms. The molecule has 0 amide bonds. The first-order valence-corrected chi connectivity index (χ1v) is 8.44. The van der Waals surface area contributed by atoms with Crippen LogP contribution >= 0.6 is 15.9 Å². The van der Waals surface area contributed by atoms with E-state index in [4.69, 9.17) is 4.74 Å². The number of nitrogens with one attached hydrogen (secondary N) is 1. The molecule has 0 aliphatic carbocycles. The number of rotatable bonds is 6. The Kier molecular flexibility index (Phi) is 5.49. The predicted octanol–water partition coefficient (Wildman–Crippen LogP) is 5.78. The van der Waals surface area contributed by atoms with Crippen molar-refractivity contribution in [1.82, 2.24) is 0 Å². The van der Waals surface area contributed by atoms with Gasteiger partial charge in [-0.25, -0.2) is 4.39 Å². The van der Waals surface area contributed by atoms with Gasteiger partial charge in [0.1, 0.15) is 18.2 Å². The summed E-state index contributed by atoms with van der Waals surface area (Å²) in [6.45, 7) is 1.06. The van der Waals surface area contributed by atoms with E-state index in [2.05, 4.69) is 21.2 Å². The molecule has 0 spiro atoms. The van der Waals surface area contributed by atoms with Crippen molar-refractivity contribution in [1.29, 1.82) is 0 Å². The Balaban J connectivity index is 1.60. The topological polar surface area (TPSA) is 21.3 Å². The third-order valence-electron chi connectivity index (χ3n) is 3.55. The second-order valence-corrected chi connectivity index (χ2v) is 6.26. The zero-order valence-electron chi connectivity index (χ0n) is 13.0. The summed E-state index contributed by atoms with van der Waals surface area (Å²) in [7, 11) is 0. The van der Waals surface area contributed by atoms with Crippen LogP contribution in [-0.2, 0) is 13.2 Å². The maximum Gasteiger partial charge on any atom is 0.134 e. The molecule has 0 aliphatic rings. The van der Waals surface area contributed by atoms with Crippen molar-refractivity contribution in [2.24, 2.45) is 0 Å². The van der Waals surface area contributed by atoms with E-state index in [1.165, 1.54) is 12.1 Å². The molecule has 2 nitrogen and oxygen atoms in total. The van der Waals surface area contributed by atoms with Crippen LogP contribution in [0.25, 0.3) is 0 Å².